The van der Waals surface area contributed by atoms with Crippen molar-refractivity contribution in [2.24, 2.45) is 5.92 Å². The van der Waals surface area contributed by atoms with E-state index in [2.05, 4.69) is 15.5 Å². The number of benzene rings is 1. The van der Waals surface area contributed by atoms with Crippen molar-refractivity contribution in [2.45, 2.75) is 12.8 Å². The Morgan fingerprint density at radius 3 is 2.34 bits per heavy atom. The van der Waals surface area contributed by atoms with Crippen LogP contribution < -0.4 is 15.5 Å². The van der Waals surface area contributed by atoms with Crippen molar-refractivity contribution in [3.8, 4) is 0 Å². The fraction of sp³-hybridized carbons (Fsp3) is 0.429. The van der Waals surface area contributed by atoms with Gasteiger partial charge in [-0.3, -0.25) is 10.1 Å². The lowest BCUT2D eigenvalue weighted by atomic mass is 9.96. The molecule has 0 spiro atoms. The van der Waals surface area contributed by atoms with E-state index in [1.165, 1.54) is 11.3 Å². The van der Waals surface area contributed by atoms with E-state index in [9.17, 15) is 9.59 Å². The van der Waals surface area contributed by atoms with Gasteiger partial charge in [0, 0.05) is 43.5 Å². The Labute approximate surface area is 174 Å². The monoisotopic (exact) mass is 414 g/mol. The Hall–Kier alpha value is -2.58. The summed E-state index contributed by atoms with van der Waals surface area (Å²) >= 11 is 1.50. The van der Waals surface area contributed by atoms with Crippen LogP contribution in [0.5, 0.6) is 0 Å². The van der Waals surface area contributed by atoms with E-state index >= 15 is 0 Å². The van der Waals surface area contributed by atoms with Gasteiger partial charge in [-0.25, -0.2) is 4.79 Å². The van der Waals surface area contributed by atoms with E-state index in [0.29, 0.717) is 25.9 Å². The fourth-order valence-corrected chi connectivity index (χ4v) is 4.31. The second-order valence-corrected chi connectivity index (χ2v) is 8.25. The van der Waals surface area contributed by atoms with E-state index in [1.54, 1.807) is 4.90 Å². The average molecular weight is 415 g/mol. The van der Waals surface area contributed by atoms with Crippen LogP contribution >= 0.6 is 11.3 Å². The SMILES string of the molecule is O=C(Nc1ccc(N2CCOCC2)cc1)C1CCN(C(=O)Nc2cccs2)CC1. The third kappa shape index (κ3) is 5.07. The first-order chi connectivity index (χ1) is 14.2. The van der Waals surface area contributed by atoms with Crippen molar-refractivity contribution in [1.29, 1.82) is 0 Å². The molecule has 2 N–H and O–H groups in total. The quantitative estimate of drug-likeness (QED) is 0.804. The number of thiophene rings is 1. The van der Waals surface area contributed by atoms with Gasteiger partial charge in [0.15, 0.2) is 0 Å². The van der Waals surface area contributed by atoms with Gasteiger partial charge in [0.25, 0.3) is 0 Å². The Morgan fingerprint density at radius 2 is 1.69 bits per heavy atom. The molecule has 0 radical (unpaired) electrons. The number of nitrogens with one attached hydrogen (secondary N) is 2. The molecule has 3 heterocycles. The number of ether oxygens (including phenoxy) is 1. The van der Waals surface area contributed by atoms with Crippen LogP contribution in [0.25, 0.3) is 0 Å². The molecule has 0 aliphatic carbocycles. The molecule has 8 heteroatoms. The number of carbonyl (C=O) groups excluding carboxylic acids is 2. The van der Waals surface area contributed by atoms with Gasteiger partial charge in [0.05, 0.1) is 18.2 Å². The number of hydrogen-bond acceptors (Lipinski definition) is 5. The summed E-state index contributed by atoms with van der Waals surface area (Å²) < 4.78 is 5.39. The Balaban J connectivity index is 1.24. The summed E-state index contributed by atoms with van der Waals surface area (Å²) in [4.78, 5) is 29.0. The van der Waals surface area contributed by atoms with E-state index in [1.807, 2.05) is 41.8 Å². The van der Waals surface area contributed by atoms with Crippen molar-refractivity contribution in [3.63, 3.8) is 0 Å². The van der Waals surface area contributed by atoms with Gasteiger partial charge in [-0.1, -0.05) is 0 Å². The summed E-state index contributed by atoms with van der Waals surface area (Å²) in [5.74, 6) is -0.0397. The van der Waals surface area contributed by atoms with Crippen molar-refractivity contribution in [3.05, 3.63) is 41.8 Å². The maximum atomic E-state index is 12.6. The molecule has 154 valence electrons. The smallest absolute Gasteiger partial charge is 0.322 e. The number of rotatable bonds is 4. The number of morpholine rings is 1. The van der Waals surface area contributed by atoms with Crippen LogP contribution in [-0.4, -0.2) is 56.2 Å². The van der Waals surface area contributed by atoms with Crippen molar-refractivity contribution in [1.82, 2.24) is 4.90 Å². The lowest BCUT2D eigenvalue weighted by molar-refractivity contribution is -0.121. The van der Waals surface area contributed by atoms with Crippen LogP contribution in [0.3, 0.4) is 0 Å². The minimum atomic E-state index is -0.0926. The van der Waals surface area contributed by atoms with E-state index < -0.39 is 0 Å². The van der Waals surface area contributed by atoms with E-state index in [0.717, 1.165) is 42.7 Å². The van der Waals surface area contributed by atoms with Gasteiger partial charge in [-0.15, -0.1) is 11.3 Å². The number of piperidine rings is 1. The standard InChI is InChI=1S/C21H26N4O3S/c26-20(22-17-3-5-18(6-4-17)24-11-13-28-14-12-24)16-7-9-25(10-8-16)21(27)23-19-2-1-15-29-19/h1-6,15-16H,7-14H2,(H,22,26)(H,23,27). The van der Waals surface area contributed by atoms with Gasteiger partial charge < -0.3 is 19.9 Å². The van der Waals surface area contributed by atoms with Gasteiger partial charge in [0.2, 0.25) is 5.91 Å². The summed E-state index contributed by atoms with van der Waals surface area (Å²) in [6, 6.07) is 11.7. The fourth-order valence-electron chi connectivity index (χ4n) is 3.70. The van der Waals surface area contributed by atoms with Crippen LogP contribution in [0, 0.1) is 5.92 Å². The predicted octanol–water partition coefficient (Wildman–Crippen LogP) is 3.47. The normalized spacial score (nSPS) is 17.8. The third-order valence-electron chi connectivity index (χ3n) is 5.42. The zero-order valence-corrected chi connectivity index (χ0v) is 17.1. The first kappa shape index (κ1) is 19.7. The zero-order valence-electron chi connectivity index (χ0n) is 16.3. The maximum Gasteiger partial charge on any atom is 0.322 e. The topological polar surface area (TPSA) is 73.9 Å². The van der Waals surface area contributed by atoms with Crippen molar-refractivity contribution >= 4 is 39.7 Å². The second kappa shape index (κ2) is 9.28. The largest absolute Gasteiger partial charge is 0.378 e. The van der Waals surface area contributed by atoms with E-state index in [-0.39, 0.29) is 17.9 Å². The molecule has 29 heavy (non-hydrogen) atoms. The molecule has 1 aromatic carbocycles. The number of amides is 3. The highest BCUT2D eigenvalue weighted by atomic mass is 32.1. The molecule has 4 rings (SSSR count). The average Bonchev–Trinajstić information content (AvgIpc) is 3.28. The number of nitrogens with zero attached hydrogens (tertiary/aromatic N) is 2. The Bertz CT molecular complexity index is 811. The molecule has 2 fully saturated rings. The summed E-state index contributed by atoms with van der Waals surface area (Å²) in [6.07, 6.45) is 1.35. The number of hydrogen-bond donors (Lipinski definition) is 2. The van der Waals surface area contributed by atoms with Crippen LogP contribution in [0.2, 0.25) is 0 Å². The highest BCUT2D eigenvalue weighted by molar-refractivity contribution is 7.14. The molecule has 0 atom stereocenters. The van der Waals surface area contributed by atoms with Gasteiger partial charge in [-0.05, 0) is 54.6 Å². The lowest BCUT2D eigenvalue weighted by Crippen LogP contribution is -2.43. The number of likely N-dealkylation sites (tertiary alicyclic amines) is 1. The van der Waals surface area contributed by atoms with Crippen LogP contribution in [0.4, 0.5) is 21.2 Å². The molecule has 2 saturated heterocycles. The molecule has 1 aromatic heterocycles. The first-order valence-electron chi connectivity index (χ1n) is 10.0. The minimum Gasteiger partial charge on any atom is -0.378 e. The molecule has 0 saturated carbocycles. The Morgan fingerprint density at radius 1 is 0.966 bits per heavy atom. The molecule has 0 unspecified atom stereocenters. The number of anilines is 3. The molecule has 0 bridgehead atoms. The molecule has 7 nitrogen and oxygen atoms in total. The van der Waals surface area contributed by atoms with Crippen LogP contribution in [0.1, 0.15) is 12.8 Å². The summed E-state index contributed by atoms with van der Waals surface area (Å²) in [5, 5.41) is 8.70. The third-order valence-corrected chi connectivity index (χ3v) is 6.20. The summed E-state index contributed by atoms with van der Waals surface area (Å²) in [6.45, 7) is 4.47. The predicted molar refractivity (Wildman–Crippen MR) is 116 cm³/mol. The second-order valence-electron chi connectivity index (χ2n) is 7.30. The molecule has 2 aliphatic rings. The lowest BCUT2D eigenvalue weighted by Gasteiger charge is -2.31. The molecular weight excluding hydrogens is 388 g/mol. The first-order valence-corrected chi connectivity index (χ1v) is 10.9. The maximum absolute atomic E-state index is 12.6. The van der Waals surface area contributed by atoms with Gasteiger partial charge >= 0.3 is 6.03 Å². The summed E-state index contributed by atoms with van der Waals surface area (Å²) in [7, 11) is 0. The zero-order chi connectivity index (χ0) is 20.1. The number of urea groups is 1. The van der Waals surface area contributed by atoms with Crippen molar-refractivity contribution < 1.29 is 14.3 Å². The van der Waals surface area contributed by atoms with Crippen LogP contribution in [0.15, 0.2) is 41.8 Å². The highest BCUT2D eigenvalue weighted by Gasteiger charge is 2.27. The molecule has 2 aromatic rings. The van der Waals surface area contributed by atoms with Crippen molar-refractivity contribution in [2.75, 3.05) is 54.9 Å². The van der Waals surface area contributed by atoms with E-state index in [4.69, 9.17) is 4.74 Å². The van der Waals surface area contributed by atoms with Gasteiger partial charge in [0.1, 0.15) is 0 Å². The van der Waals surface area contributed by atoms with Gasteiger partial charge in [-0.2, -0.15) is 0 Å². The molecular formula is C21H26N4O3S. The number of carbonyl (C=O) groups is 2. The minimum absolute atomic E-state index is 0.0300. The molecule has 3 amide bonds. The molecule has 2 aliphatic heterocycles. The summed E-state index contributed by atoms with van der Waals surface area (Å²) in [5.41, 5.74) is 1.96. The van der Waals surface area contributed by atoms with Crippen LogP contribution in [-0.2, 0) is 9.53 Å². The highest BCUT2D eigenvalue weighted by Crippen LogP contribution is 2.23. The Kier molecular flexibility index (Phi) is 6.31.